The van der Waals surface area contributed by atoms with Crippen LogP contribution in [0.15, 0.2) is 6.07 Å². The fraction of sp³-hybridized carbons (Fsp3) is 0.538. The highest BCUT2D eigenvalue weighted by Gasteiger charge is 2.30. The van der Waals surface area contributed by atoms with E-state index in [4.69, 9.17) is 14.2 Å². The summed E-state index contributed by atoms with van der Waals surface area (Å²) < 4.78 is 16.4. The van der Waals surface area contributed by atoms with Gasteiger partial charge in [-0.25, -0.2) is 0 Å². The van der Waals surface area contributed by atoms with E-state index in [0.29, 0.717) is 5.75 Å². The van der Waals surface area contributed by atoms with Gasteiger partial charge in [-0.05, 0) is 31.4 Å². The van der Waals surface area contributed by atoms with Crippen molar-refractivity contribution in [3.8, 4) is 11.5 Å². The number of ether oxygens (including phenoxy) is 3. The lowest BCUT2D eigenvalue weighted by atomic mass is 9.92. The summed E-state index contributed by atoms with van der Waals surface area (Å²) in [6.45, 7) is 3.89. The summed E-state index contributed by atoms with van der Waals surface area (Å²) >= 11 is 0. The van der Waals surface area contributed by atoms with Crippen LogP contribution in [0.5, 0.6) is 11.5 Å². The van der Waals surface area contributed by atoms with Gasteiger partial charge in [0.25, 0.3) is 0 Å². The molecule has 0 amide bonds. The van der Waals surface area contributed by atoms with Crippen molar-refractivity contribution < 1.29 is 19.3 Å². The highest BCUT2D eigenvalue weighted by molar-refractivity contribution is 5.53. The van der Waals surface area contributed by atoms with Crippen molar-refractivity contribution in [2.45, 2.75) is 32.7 Å². The average molecular weight is 238 g/mol. The van der Waals surface area contributed by atoms with Gasteiger partial charge in [0.05, 0.1) is 18.8 Å². The first-order valence-electron chi connectivity index (χ1n) is 5.66. The molecule has 0 bridgehead atoms. The normalized spacial score (nSPS) is 23.3. The maximum atomic E-state index is 9.87. The zero-order chi connectivity index (χ0) is 12.6. The van der Waals surface area contributed by atoms with Gasteiger partial charge in [0.1, 0.15) is 11.5 Å². The van der Waals surface area contributed by atoms with Gasteiger partial charge < -0.3 is 19.3 Å². The van der Waals surface area contributed by atoms with Crippen molar-refractivity contribution >= 4 is 0 Å². The van der Waals surface area contributed by atoms with E-state index in [2.05, 4.69) is 0 Å². The van der Waals surface area contributed by atoms with Crippen molar-refractivity contribution in [2.24, 2.45) is 0 Å². The smallest absolute Gasteiger partial charge is 0.187 e. The number of phenols is 1. The molecule has 4 heteroatoms. The van der Waals surface area contributed by atoms with Crippen LogP contribution in [0.4, 0.5) is 0 Å². The van der Waals surface area contributed by atoms with Gasteiger partial charge in [-0.2, -0.15) is 0 Å². The maximum Gasteiger partial charge on any atom is 0.187 e. The molecule has 2 atom stereocenters. The van der Waals surface area contributed by atoms with Crippen LogP contribution in [-0.2, 0) is 15.9 Å². The number of benzene rings is 1. The molecule has 94 valence electrons. The standard InChI is InChI=1S/C13H18O4/c1-7-5-9-8(2)10(14)6-11(15-3)12(9)13(16-4)17-7/h6-7,13-14H,5H2,1-4H3. The quantitative estimate of drug-likeness (QED) is 0.859. The SMILES string of the molecule is COc1cc(O)c(C)c2c1C(OC)OC(C)C2. The minimum atomic E-state index is -0.428. The Morgan fingerprint density at radius 2 is 2.12 bits per heavy atom. The summed E-state index contributed by atoms with van der Waals surface area (Å²) in [4.78, 5) is 0. The Hall–Kier alpha value is -1.26. The van der Waals surface area contributed by atoms with E-state index < -0.39 is 6.29 Å². The van der Waals surface area contributed by atoms with Crippen LogP contribution >= 0.6 is 0 Å². The zero-order valence-corrected chi connectivity index (χ0v) is 10.6. The molecule has 1 aromatic rings. The number of hydrogen-bond acceptors (Lipinski definition) is 4. The Bertz CT molecular complexity index is 428. The topological polar surface area (TPSA) is 47.9 Å². The Morgan fingerprint density at radius 1 is 1.41 bits per heavy atom. The van der Waals surface area contributed by atoms with Gasteiger partial charge >= 0.3 is 0 Å². The van der Waals surface area contributed by atoms with Crippen molar-refractivity contribution in [3.63, 3.8) is 0 Å². The van der Waals surface area contributed by atoms with Crippen molar-refractivity contribution in [1.82, 2.24) is 0 Å². The molecule has 0 spiro atoms. The third kappa shape index (κ3) is 1.98. The van der Waals surface area contributed by atoms with E-state index in [-0.39, 0.29) is 11.9 Å². The first kappa shape index (κ1) is 12.2. The van der Waals surface area contributed by atoms with Crippen LogP contribution in [0.2, 0.25) is 0 Å². The number of hydrogen-bond donors (Lipinski definition) is 1. The highest BCUT2D eigenvalue weighted by Crippen LogP contribution is 2.42. The molecule has 2 rings (SSSR count). The highest BCUT2D eigenvalue weighted by atomic mass is 16.7. The second-order valence-electron chi connectivity index (χ2n) is 4.33. The fourth-order valence-corrected chi connectivity index (χ4v) is 2.29. The van der Waals surface area contributed by atoms with E-state index in [0.717, 1.165) is 23.1 Å². The molecule has 0 saturated heterocycles. The zero-order valence-electron chi connectivity index (χ0n) is 10.6. The molecule has 17 heavy (non-hydrogen) atoms. The molecule has 1 aliphatic rings. The van der Waals surface area contributed by atoms with Gasteiger partial charge in [-0.3, -0.25) is 0 Å². The van der Waals surface area contributed by atoms with E-state index in [1.165, 1.54) is 0 Å². The van der Waals surface area contributed by atoms with Crippen LogP contribution < -0.4 is 4.74 Å². The Kier molecular flexibility index (Phi) is 3.26. The number of phenolic OH excluding ortho intramolecular Hbond substituents is 1. The number of aromatic hydroxyl groups is 1. The Labute approximate surface area is 101 Å². The number of fused-ring (bicyclic) bond motifs is 1. The minimum Gasteiger partial charge on any atom is -0.508 e. The second kappa shape index (κ2) is 4.55. The lowest BCUT2D eigenvalue weighted by Gasteiger charge is -2.32. The largest absolute Gasteiger partial charge is 0.508 e. The molecular weight excluding hydrogens is 220 g/mol. The van der Waals surface area contributed by atoms with Crippen molar-refractivity contribution in [2.75, 3.05) is 14.2 Å². The molecule has 0 radical (unpaired) electrons. The predicted octanol–water partition coefficient (Wildman–Crippen LogP) is 2.32. The lowest BCUT2D eigenvalue weighted by molar-refractivity contribution is -0.164. The van der Waals surface area contributed by atoms with Crippen LogP contribution in [0.25, 0.3) is 0 Å². The monoisotopic (exact) mass is 238 g/mol. The summed E-state index contributed by atoms with van der Waals surface area (Å²) in [6, 6.07) is 1.61. The summed E-state index contributed by atoms with van der Waals surface area (Å²) in [5.41, 5.74) is 2.83. The summed E-state index contributed by atoms with van der Waals surface area (Å²) in [5.74, 6) is 0.867. The van der Waals surface area contributed by atoms with Crippen LogP contribution in [-0.4, -0.2) is 25.4 Å². The van der Waals surface area contributed by atoms with E-state index in [1.807, 2.05) is 13.8 Å². The van der Waals surface area contributed by atoms with Crippen molar-refractivity contribution in [1.29, 1.82) is 0 Å². The van der Waals surface area contributed by atoms with Gasteiger partial charge in [-0.15, -0.1) is 0 Å². The van der Waals surface area contributed by atoms with Crippen molar-refractivity contribution in [3.05, 3.63) is 22.8 Å². The van der Waals surface area contributed by atoms with E-state index in [9.17, 15) is 5.11 Å². The van der Waals surface area contributed by atoms with Crippen LogP contribution in [0, 0.1) is 6.92 Å². The molecule has 2 unspecified atom stereocenters. The Morgan fingerprint density at radius 3 is 2.71 bits per heavy atom. The molecule has 4 nitrogen and oxygen atoms in total. The molecule has 0 aliphatic carbocycles. The lowest BCUT2D eigenvalue weighted by Crippen LogP contribution is -2.26. The molecule has 1 aliphatic heterocycles. The molecule has 1 heterocycles. The van der Waals surface area contributed by atoms with Gasteiger partial charge in [0.15, 0.2) is 6.29 Å². The minimum absolute atomic E-state index is 0.0673. The first-order chi connectivity index (χ1) is 8.08. The number of methoxy groups -OCH3 is 2. The molecule has 0 fully saturated rings. The average Bonchev–Trinajstić information content (AvgIpc) is 2.32. The second-order valence-corrected chi connectivity index (χ2v) is 4.33. The Balaban J connectivity index is 2.62. The number of rotatable bonds is 2. The van der Waals surface area contributed by atoms with Gasteiger partial charge in [0.2, 0.25) is 0 Å². The third-order valence-corrected chi connectivity index (χ3v) is 3.21. The molecular formula is C13H18O4. The van der Waals surface area contributed by atoms with Crippen LogP contribution in [0.3, 0.4) is 0 Å². The maximum absolute atomic E-state index is 9.87. The summed E-state index contributed by atoms with van der Waals surface area (Å²) in [5, 5.41) is 9.87. The molecule has 0 saturated carbocycles. The summed E-state index contributed by atoms with van der Waals surface area (Å²) in [6.07, 6.45) is 0.395. The van der Waals surface area contributed by atoms with Gasteiger partial charge in [-0.1, -0.05) is 0 Å². The van der Waals surface area contributed by atoms with E-state index in [1.54, 1.807) is 20.3 Å². The molecule has 1 N–H and O–H groups in total. The van der Waals surface area contributed by atoms with Gasteiger partial charge in [0, 0.05) is 13.2 Å². The fourth-order valence-electron chi connectivity index (χ4n) is 2.29. The third-order valence-electron chi connectivity index (χ3n) is 3.21. The first-order valence-corrected chi connectivity index (χ1v) is 5.66. The molecule has 1 aromatic carbocycles. The van der Waals surface area contributed by atoms with Crippen LogP contribution in [0.1, 0.15) is 29.9 Å². The molecule has 0 aromatic heterocycles. The van der Waals surface area contributed by atoms with E-state index >= 15 is 0 Å². The summed E-state index contributed by atoms with van der Waals surface area (Å²) in [7, 11) is 3.18. The predicted molar refractivity (Wildman–Crippen MR) is 63.4 cm³/mol.